The second kappa shape index (κ2) is 11.9. The number of alkyl halides is 3. The van der Waals surface area contributed by atoms with Crippen molar-refractivity contribution in [2.75, 3.05) is 25.6 Å². The van der Waals surface area contributed by atoms with E-state index in [4.69, 9.17) is 4.74 Å². The Kier molecular flexibility index (Phi) is 8.01. The number of allylic oxidation sites excluding steroid dienone is 1. The van der Waals surface area contributed by atoms with E-state index in [0.29, 0.717) is 23.1 Å². The molecular formula is C36H39F3N6O3. The first-order chi connectivity index (χ1) is 22.9. The number of aryl methyl sites for hydroxylation is 1. The lowest BCUT2D eigenvalue weighted by molar-refractivity contribution is -0.138. The lowest BCUT2D eigenvalue weighted by Gasteiger charge is -2.41. The van der Waals surface area contributed by atoms with Crippen molar-refractivity contribution in [1.29, 1.82) is 5.26 Å². The fraction of sp³-hybridized carbons (Fsp3) is 0.500. The van der Waals surface area contributed by atoms with Crippen LogP contribution in [0.5, 0.6) is 0 Å². The van der Waals surface area contributed by atoms with Gasteiger partial charge in [-0.15, -0.1) is 5.10 Å². The van der Waals surface area contributed by atoms with Gasteiger partial charge in [0, 0.05) is 16.9 Å². The summed E-state index contributed by atoms with van der Waals surface area (Å²) < 4.78 is 47.6. The zero-order valence-corrected chi connectivity index (χ0v) is 27.3. The number of aromatic nitrogens is 3. The molecule has 12 heteroatoms. The number of fused-ring (bicyclic) bond motifs is 1. The Morgan fingerprint density at radius 3 is 2.58 bits per heavy atom. The summed E-state index contributed by atoms with van der Waals surface area (Å²) in [6.07, 6.45) is 4.50. The summed E-state index contributed by atoms with van der Waals surface area (Å²) in [5.74, 6) is 1.86. The monoisotopic (exact) mass is 660 g/mol. The predicted molar refractivity (Wildman–Crippen MR) is 172 cm³/mol. The minimum Gasteiger partial charge on any atom is -0.466 e. The Labute approximate surface area is 277 Å². The minimum absolute atomic E-state index is 0.0337. The quantitative estimate of drug-likeness (QED) is 0.207. The van der Waals surface area contributed by atoms with Gasteiger partial charge in [-0.2, -0.15) is 18.4 Å². The van der Waals surface area contributed by atoms with E-state index in [9.17, 15) is 28.0 Å². The van der Waals surface area contributed by atoms with Crippen LogP contribution >= 0.6 is 0 Å². The number of carbonyl (C=O) groups is 1. The number of methoxy groups -OCH3 is 1. The number of aromatic amines is 1. The van der Waals surface area contributed by atoms with Crippen LogP contribution in [0, 0.1) is 29.1 Å². The van der Waals surface area contributed by atoms with Crippen molar-refractivity contribution >= 4 is 17.6 Å². The predicted octanol–water partition coefficient (Wildman–Crippen LogP) is 6.48. The Balaban J connectivity index is 1.22. The third-order valence-corrected chi connectivity index (χ3v) is 11.4. The number of rotatable bonds is 9. The zero-order valence-electron chi connectivity index (χ0n) is 27.3. The van der Waals surface area contributed by atoms with E-state index in [1.807, 2.05) is 0 Å². The number of hydrogen-bond acceptors (Lipinski definition) is 7. The molecule has 2 heterocycles. The molecule has 9 nitrogen and oxygen atoms in total. The standard InChI is InChI=1S/C36H39F3N6O3/c1-21-30(32(46)48-3)31(45-33(41-42-34(45)47)44(21)28-9-6-8-26(17-28)36(37,38)39)29-11-10-22(20-40)14-25(29)7-4-5-12-43(2)35-18-23-13-24(19-35)16-27(35)15-23/h6,8-11,14,17,23-24,27,31H,4-5,7,12-13,15-16,18-19H2,1-3H3,(H,42,47)/t23?,24?,27?,31-,35?/m1/s1. The average molecular weight is 661 g/mol. The summed E-state index contributed by atoms with van der Waals surface area (Å²) in [5, 5.41) is 16.4. The lowest BCUT2D eigenvalue weighted by Crippen LogP contribution is -2.47. The molecule has 2 unspecified atom stereocenters. The average Bonchev–Trinajstić information content (AvgIpc) is 3.66. The molecule has 252 valence electrons. The van der Waals surface area contributed by atoms with Crippen LogP contribution in [0.4, 0.5) is 24.8 Å². The zero-order chi connectivity index (χ0) is 34.0. The minimum atomic E-state index is -4.61. The molecule has 3 aromatic rings. The van der Waals surface area contributed by atoms with Crippen LogP contribution < -0.4 is 10.6 Å². The third kappa shape index (κ3) is 5.23. The number of esters is 1. The van der Waals surface area contributed by atoms with Crippen molar-refractivity contribution in [2.45, 2.75) is 76.0 Å². The van der Waals surface area contributed by atoms with Crippen molar-refractivity contribution in [3.8, 4) is 6.07 Å². The van der Waals surface area contributed by atoms with Crippen LogP contribution in [0.15, 0.2) is 58.5 Å². The normalized spacial score (nSPS) is 25.9. The number of H-pyrrole nitrogens is 1. The Morgan fingerprint density at radius 1 is 1.15 bits per heavy atom. The Hall–Kier alpha value is -4.37. The first-order valence-corrected chi connectivity index (χ1v) is 16.6. The van der Waals surface area contributed by atoms with Crippen molar-refractivity contribution < 1.29 is 22.7 Å². The summed E-state index contributed by atoms with van der Waals surface area (Å²) in [7, 11) is 3.49. The molecule has 5 aliphatic rings. The molecule has 48 heavy (non-hydrogen) atoms. The van der Waals surface area contributed by atoms with Crippen molar-refractivity contribution in [1.82, 2.24) is 19.7 Å². The van der Waals surface area contributed by atoms with Crippen LogP contribution in [-0.4, -0.2) is 51.9 Å². The van der Waals surface area contributed by atoms with Gasteiger partial charge < -0.3 is 9.64 Å². The maximum Gasteiger partial charge on any atom is 0.416 e. The van der Waals surface area contributed by atoms with E-state index in [1.165, 1.54) is 60.8 Å². The molecule has 2 aromatic carbocycles. The Bertz CT molecular complexity index is 1870. The van der Waals surface area contributed by atoms with Gasteiger partial charge in [-0.25, -0.2) is 19.3 Å². The summed E-state index contributed by atoms with van der Waals surface area (Å²) in [6, 6.07) is 11.0. The van der Waals surface area contributed by atoms with Crippen LogP contribution in [0.25, 0.3) is 0 Å². The first-order valence-electron chi connectivity index (χ1n) is 16.6. The van der Waals surface area contributed by atoms with E-state index in [1.54, 1.807) is 25.1 Å². The molecule has 3 atom stereocenters. The molecule has 1 aliphatic heterocycles. The molecule has 1 aromatic heterocycles. The topological polar surface area (TPSA) is 107 Å². The largest absolute Gasteiger partial charge is 0.466 e. The highest BCUT2D eigenvalue weighted by molar-refractivity contribution is 5.93. The number of anilines is 2. The van der Waals surface area contributed by atoms with Gasteiger partial charge in [0.25, 0.3) is 0 Å². The molecular weight excluding hydrogens is 621 g/mol. The van der Waals surface area contributed by atoms with Gasteiger partial charge in [-0.1, -0.05) is 12.1 Å². The molecule has 0 saturated heterocycles. The van der Waals surface area contributed by atoms with Gasteiger partial charge in [-0.05, 0) is 131 Å². The van der Waals surface area contributed by atoms with Gasteiger partial charge in [0.1, 0.15) is 6.04 Å². The second-order valence-electron chi connectivity index (χ2n) is 14.0. The molecule has 0 spiro atoms. The van der Waals surface area contributed by atoms with Crippen molar-refractivity contribution in [3.63, 3.8) is 0 Å². The van der Waals surface area contributed by atoms with E-state index in [0.717, 1.165) is 54.8 Å². The number of hydrogen-bond donors (Lipinski definition) is 1. The SMILES string of the molecule is COC(=O)C1=C(C)N(c2cccc(C(F)(F)F)c2)c2n[nH]c(=O)n2[C@@H]1c1ccc(C#N)cc1CCCCN(C)C12CC3CC(CC1C3)C2. The van der Waals surface area contributed by atoms with Gasteiger partial charge in [0.15, 0.2) is 0 Å². The highest BCUT2D eigenvalue weighted by atomic mass is 19.4. The van der Waals surface area contributed by atoms with Crippen LogP contribution in [0.2, 0.25) is 0 Å². The summed E-state index contributed by atoms with van der Waals surface area (Å²) in [4.78, 5) is 30.9. The first kappa shape index (κ1) is 32.2. The maximum absolute atomic E-state index is 13.7. The molecule has 1 N–H and O–H groups in total. The van der Waals surface area contributed by atoms with Crippen LogP contribution in [-0.2, 0) is 22.1 Å². The van der Waals surface area contributed by atoms with Crippen molar-refractivity contribution in [3.05, 3.63) is 86.5 Å². The number of halogens is 3. The van der Waals surface area contributed by atoms with E-state index < -0.39 is 29.4 Å². The molecule has 4 saturated carbocycles. The number of nitriles is 1. The van der Waals surface area contributed by atoms with E-state index in [-0.39, 0.29) is 22.9 Å². The van der Waals surface area contributed by atoms with Gasteiger partial charge in [-0.3, -0.25) is 4.90 Å². The fourth-order valence-electron chi connectivity index (χ4n) is 9.50. The number of nitrogens with one attached hydrogen (secondary N) is 1. The van der Waals surface area contributed by atoms with Gasteiger partial charge >= 0.3 is 17.8 Å². The number of unbranched alkanes of at least 4 members (excludes halogenated alkanes) is 1. The number of benzene rings is 2. The third-order valence-electron chi connectivity index (χ3n) is 11.4. The Morgan fingerprint density at radius 2 is 1.90 bits per heavy atom. The number of nitrogens with zero attached hydrogens (tertiary/aromatic N) is 5. The van der Waals surface area contributed by atoms with Crippen molar-refractivity contribution in [2.24, 2.45) is 17.8 Å². The number of carbonyl (C=O) groups excluding carboxylic acids is 1. The smallest absolute Gasteiger partial charge is 0.416 e. The molecule has 0 amide bonds. The van der Waals surface area contributed by atoms with Gasteiger partial charge in [0.2, 0.25) is 5.95 Å². The summed E-state index contributed by atoms with van der Waals surface area (Å²) >= 11 is 0. The maximum atomic E-state index is 13.7. The molecule has 4 bridgehead atoms. The summed E-state index contributed by atoms with van der Waals surface area (Å²) in [6.45, 7) is 2.57. The highest BCUT2D eigenvalue weighted by Crippen LogP contribution is 2.62. The second-order valence-corrected chi connectivity index (χ2v) is 14.0. The number of ether oxygens (including phenoxy) is 1. The van der Waals surface area contributed by atoms with Crippen LogP contribution in [0.1, 0.15) is 80.2 Å². The fourth-order valence-corrected chi connectivity index (χ4v) is 9.50. The van der Waals surface area contributed by atoms with E-state index in [2.05, 4.69) is 28.2 Å². The van der Waals surface area contributed by atoms with E-state index >= 15 is 0 Å². The summed E-state index contributed by atoms with van der Waals surface area (Å²) in [5.41, 5.74) is 1.13. The molecule has 4 fully saturated rings. The lowest BCUT2D eigenvalue weighted by atomic mass is 9.80. The van der Waals surface area contributed by atoms with Crippen LogP contribution in [0.3, 0.4) is 0 Å². The van der Waals surface area contributed by atoms with Gasteiger partial charge in [0.05, 0.1) is 29.9 Å². The molecule has 8 rings (SSSR count). The molecule has 0 radical (unpaired) electrons. The molecule has 4 aliphatic carbocycles. The highest BCUT2D eigenvalue weighted by Gasteiger charge is 2.59.